The fourth-order valence-corrected chi connectivity index (χ4v) is 3.79. The molecule has 0 bridgehead atoms. The Labute approximate surface area is 214 Å². The second-order valence-corrected chi connectivity index (χ2v) is 7.90. The highest BCUT2D eigenvalue weighted by Gasteiger charge is 2.21. The van der Waals surface area contributed by atoms with E-state index in [0.29, 0.717) is 0 Å². The van der Waals surface area contributed by atoms with Crippen LogP contribution in [0.25, 0.3) is 22.3 Å². The minimum Gasteiger partial charge on any atom is -0.478 e. The number of hydrogen-bond acceptors (Lipinski definition) is 6. The van der Waals surface area contributed by atoms with Crippen LogP contribution in [0.4, 0.5) is 0 Å². The van der Waals surface area contributed by atoms with Gasteiger partial charge in [-0.25, -0.2) is 19.2 Å². The van der Waals surface area contributed by atoms with Gasteiger partial charge in [0, 0.05) is 22.3 Å². The zero-order chi connectivity index (χ0) is 27.4. The summed E-state index contributed by atoms with van der Waals surface area (Å²) >= 11 is 0. The van der Waals surface area contributed by atoms with E-state index in [2.05, 4.69) is 0 Å². The SMILES string of the molecule is O=C(O)c1ccc(OOc2ccc(C(=O)O)cc2-c2ccccc2C(=O)O)c(-c2ccccc2C(=O)O)c1. The summed E-state index contributed by atoms with van der Waals surface area (Å²) in [6, 6.07) is 19.3. The number of rotatable bonds is 9. The molecule has 0 fully saturated rings. The molecule has 0 atom stereocenters. The lowest BCUT2D eigenvalue weighted by Gasteiger charge is -2.16. The summed E-state index contributed by atoms with van der Waals surface area (Å²) in [5, 5.41) is 38.2. The fourth-order valence-electron chi connectivity index (χ4n) is 3.79. The van der Waals surface area contributed by atoms with Crippen molar-refractivity contribution >= 4 is 23.9 Å². The molecule has 0 radical (unpaired) electrons. The van der Waals surface area contributed by atoms with E-state index in [9.17, 15) is 39.6 Å². The van der Waals surface area contributed by atoms with Crippen molar-refractivity contribution in [1.82, 2.24) is 0 Å². The minimum atomic E-state index is -1.25. The summed E-state index contributed by atoms with van der Waals surface area (Å²) in [5.41, 5.74) is 0.0706. The first-order valence-corrected chi connectivity index (χ1v) is 10.9. The topological polar surface area (TPSA) is 168 Å². The molecule has 10 heteroatoms. The molecule has 0 aliphatic rings. The molecule has 0 aromatic heterocycles. The Morgan fingerprint density at radius 2 is 0.816 bits per heavy atom. The van der Waals surface area contributed by atoms with Gasteiger partial charge < -0.3 is 20.4 Å². The van der Waals surface area contributed by atoms with Crippen molar-refractivity contribution in [3.05, 3.63) is 107 Å². The molecule has 0 saturated carbocycles. The maximum atomic E-state index is 11.8. The predicted molar refractivity (Wildman–Crippen MR) is 133 cm³/mol. The molecular formula is C28H18O10. The van der Waals surface area contributed by atoms with Gasteiger partial charge in [-0.2, -0.15) is 0 Å². The van der Waals surface area contributed by atoms with Crippen molar-refractivity contribution in [2.24, 2.45) is 0 Å². The summed E-state index contributed by atoms with van der Waals surface area (Å²) in [6.45, 7) is 0. The van der Waals surface area contributed by atoms with Crippen LogP contribution in [0, 0.1) is 0 Å². The van der Waals surface area contributed by atoms with Gasteiger partial charge in [-0.15, -0.1) is 0 Å². The third kappa shape index (κ3) is 5.14. The van der Waals surface area contributed by atoms with E-state index in [0.717, 1.165) is 0 Å². The van der Waals surface area contributed by atoms with Gasteiger partial charge >= 0.3 is 23.9 Å². The van der Waals surface area contributed by atoms with Crippen LogP contribution in [-0.2, 0) is 0 Å². The maximum absolute atomic E-state index is 11.8. The summed E-state index contributed by atoms with van der Waals surface area (Å²) < 4.78 is 0. The number of carbonyl (C=O) groups is 4. The van der Waals surface area contributed by atoms with Crippen molar-refractivity contribution in [1.29, 1.82) is 0 Å². The molecular weight excluding hydrogens is 496 g/mol. The van der Waals surface area contributed by atoms with Crippen LogP contribution in [0.1, 0.15) is 41.4 Å². The molecule has 0 unspecified atom stereocenters. The van der Waals surface area contributed by atoms with E-state index < -0.39 is 23.9 Å². The van der Waals surface area contributed by atoms with Crippen molar-refractivity contribution in [2.45, 2.75) is 0 Å². The van der Waals surface area contributed by atoms with Gasteiger partial charge in [0.05, 0.1) is 22.3 Å². The van der Waals surface area contributed by atoms with E-state index >= 15 is 0 Å². The van der Waals surface area contributed by atoms with E-state index in [-0.39, 0.29) is 56.0 Å². The summed E-state index contributed by atoms with van der Waals surface area (Å²) in [7, 11) is 0. The lowest BCUT2D eigenvalue weighted by Crippen LogP contribution is -2.08. The summed E-state index contributed by atoms with van der Waals surface area (Å²) in [4.78, 5) is 57.8. The second kappa shape index (κ2) is 10.5. The Kier molecular flexibility index (Phi) is 7.06. The fraction of sp³-hybridized carbons (Fsp3) is 0. The Morgan fingerprint density at radius 3 is 1.16 bits per heavy atom. The molecule has 4 aromatic rings. The highest BCUT2D eigenvalue weighted by molar-refractivity contribution is 5.99. The Bertz CT molecular complexity index is 1470. The molecule has 190 valence electrons. The Balaban J connectivity index is 1.82. The molecule has 0 spiro atoms. The molecule has 0 heterocycles. The van der Waals surface area contributed by atoms with E-state index in [1.165, 1.54) is 72.8 Å². The number of carboxylic acid groups (broad SMARTS) is 4. The summed E-state index contributed by atoms with van der Waals surface area (Å²) in [6.07, 6.45) is 0. The monoisotopic (exact) mass is 514 g/mol. The molecule has 0 amide bonds. The Morgan fingerprint density at radius 1 is 0.447 bits per heavy atom. The van der Waals surface area contributed by atoms with Crippen LogP contribution in [0.3, 0.4) is 0 Å². The first-order chi connectivity index (χ1) is 18.2. The molecule has 4 N–H and O–H groups in total. The molecule has 38 heavy (non-hydrogen) atoms. The largest absolute Gasteiger partial charge is 0.478 e. The number of carboxylic acids is 4. The zero-order valence-electron chi connectivity index (χ0n) is 19.3. The van der Waals surface area contributed by atoms with Gasteiger partial charge in [-0.3, -0.25) is 9.78 Å². The quantitative estimate of drug-likeness (QED) is 0.172. The normalized spacial score (nSPS) is 10.4. The van der Waals surface area contributed by atoms with Crippen LogP contribution >= 0.6 is 0 Å². The molecule has 4 rings (SSSR count). The van der Waals surface area contributed by atoms with E-state index in [1.54, 1.807) is 12.1 Å². The molecule has 10 nitrogen and oxygen atoms in total. The minimum absolute atomic E-state index is 0.0384. The van der Waals surface area contributed by atoms with Gasteiger partial charge in [0.2, 0.25) is 0 Å². The highest BCUT2D eigenvalue weighted by atomic mass is 17.2. The zero-order valence-corrected chi connectivity index (χ0v) is 19.3. The second-order valence-electron chi connectivity index (χ2n) is 7.90. The molecule has 0 aliphatic carbocycles. The van der Waals surface area contributed by atoms with E-state index in [1.807, 2.05) is 0 Å². The van der Waals surface area contributed by atoms with Gasteiger partial charge in [0.25, 0.3) is 0 Å². The van der Waals surface area contributed by atoms with E-state index in [4.69, 9.17) is 9.78 Å². The lowest BCUT2D eigenvalue weighted by molar-refractivity contribution is -0.0987. The smallest absolute Gasteiger partial charge is 0.336 e. The standard InChI is InChI=1S/C28H18O10/c29-25(30)15-9-11-23(21(13-15)17-5-1-3-7-19(17)27(33)34)37-38-24-12-10-16(26(31)32)14-22(24)18-6-2-4-8-20(18)28(35)36/h1-14H,(H,29,30)(H,31,32)(H,33,34)(H,35,36). The van der Waals surface area contributed by atoms with Crippen LogP contribution in [-0.4, -0.2) is 44.3 Å². The number of hydrogen-bond donors (Lipinski definition) is 4. The number of benzene rings is 4. The summed E-state index contributed by atoms with van der Waals surface area (Å²) in [5.74, 6) is -5.06. The van der Waals surface area contributed by atoms with Gasteiger partial charge in [-0.05, 0) is 48.5 Å². The maximum Gasteiger partial charge on any atom is 0.336 e. The third-order valence-corrected chi connectivity index (χ3v) is 5.57. The van der Waals surface area contributed by atoms with Crippen molar-refractivity contribution < 1.29 is 49.4 Å². The van der Waals surface area contributed by atoms with Crippen LogP contribution in [0.15, 0.2) is 84.9 Å². The first kappa shape index (κ1) is 25.5. The predicted octanol–water partition coefficient (Wildman–Crippen LogP) is 5.19. The lowest BCUT2D eigenvalue weighted by atomic mass is 9.97. The van der Waals surface area contributed by atoms with Crippen molar-refractivity contribution in [2.75, 3.05) is 0 Å². The molecule has 4 aromatic carbocycles. The number of aromatic carboxylic acids is 4. The molecule has 0 aliphatic heterocycles. The highest BCUT2D eigenvalue weighted by Crippen LogP contribution is 2.37. The average Bonchev–Trinajstić information content (AvgIpc) is 2.91. The van der Waals surface area contributed by atoms with Gasteiger partial charge in [0.15, 0.2) is 11.5 Å². The van der Waals surface area contributed by atoms with Gasteiger partial charge in [0.1, 0.15) is 0 Å². The average molecular weight is 514 g/mol. The van der Waals surface area contributed by atoms with Crippen molar-refractivity contribution in [3.8, 4) is 33.8 Å². The Hall–Kier alpha value is -5.64. The van der Waals surface area contributed by atoms with Crippen LogP contribution in [0.2, 0.25) is 0 Å². The van der Waals surface area contributed by atoms with Crippen LogP contribution in [0.5, 0.6) is 11.5 Å². The van der Waals surface area contributed by atoms with Gasteiger partial charge in [-0.1, -0.05) is 36.4 Å². The first-order valence-electron chi connectivity index (χ1n) is 10.9. The van der Waals surface area contributed by atoms with Crippen molar-refractivity contribution in [3.63, 3.8) is 0 Å². The molecule has 0 saturated heterocycles. The van der Waals surface area contributed by atoms with Crippen LogP contribution < -0.4 is 9.78 Å². The third-order valence-electron chi connectivity index (χ3n) is 5.57.